The van der Waals surface area contributed by atoms with Crippen molar-refractivity contribution >= 4 is 25.0 Å². The highest BCUT2D eigenvalue weighted by atomic mass is 35.5. The van der Waals surface area contributed by atoms with Crippen molar-refractivity contribution in [1.29, 1.82) is 0 Å². The van der Waals surface area contributed by atoms with Gasteiger partial charge in [-0.1, -0.05) is 48.0 Å². The Balaban J connectivity index is 1.89. The van der Waals surface area contributed by atoms with Gasteiger partial charge in [0.2, 0.25) is 0 Å². The van der Waals surface area contributed by atoms with Crippen LogP contribution in [0.4, 0.5) is 5.69 Å². The Labute approximate surface area is 157 Å². The van der Waals surface area contributed by atoms with Gasteiger partial charge in [0.05, 0.1) is 12.1 Å². The van der Waals surface area contributed by atoms with E-state index in [1.807, 2.05) is 12.1 Å². The van der Waals surface area contributed by atoms with E-state index < -0.39 is 7.75 Å². The van der Waals surface area contributed by atoms with Crippen molar-refractivity contribution in [2.45, 2.75) is 0 Å². The molecule has 0 bridgehead atoms. The fourth-order valence-electron chi connectivity index (χ4n) is 2.20. The minimum absolute atomic E-state index is 0.378. The van der Waals surface area contributed by atoms with E-state index in [9.17, 15) is 4.57 Å². The predicted molar refractivity (Wildman–Crippen MR) is 103 cm³/mol. The van der Waals surface area contributed by atoms with Crippen molar-refractivity contribution in [2.24, 2.45) is 0 Å². The van der Waals surface area contributed by atoms with Crippen LogP contribution < -0.4 is 18.9 Å². The molecule has 26 heavy (non-hydrogen) atoms. The molecule has 0 saturated carbocycles. The van der Waals surface area contributed by atoms with Crippen molar-refractivity contribution in [3.63, 3.8) is 0 Å². The molecule has 0 fully saturated rings. The van der Waals surface area contributed by atoms with Crippen LogP contribution in [0.1, 0.15) is 0 Å². The van der Waals surface area contributed by atoms with Crippen molar-refractivity contribution in [2.75, 3.05) is 12.2 Å². The third kappa shape index (κ3) is 4.72. The number of methoxy groups -OCH3 is 1. The van der Waals surface area contributed by atoms with E-state index in [1.54, 1.807) is 66.7 Å². The summed E-state index contributed by atoms with van der Waals surface area (Å²) >= 11 is 6.14. The zero-order valence-electron chi connectivity index (χ0n) is 14.0. The summed E-state index contributed by atoms with van der Waals surface area (Å²) < 4.78 is 29.8. The second-order valence-electron chi connectivity index (χ2n) is 5.27. The number of rotatable bonds is 7. The SMILES string of the molecule is COc1ccc(NP(=O)(Oc2ccccc2)Oc2ccccc2)cc1Cl. The van der Waals surface area contributed by atoms with E-state index in [-0.39, 0.29) is 0 Å². The lowest BCUT2D eigenvalue weighted by atomic mass is 10.3. The van der Waals surface area contributed by atoms with Crippen molar-refractivity contribution in [1.82, 2.24) is 0 Å². The molecule has 0 saturated heterocycles. The molecule has 0 unspecified atom stereocenters. The topological polar surface area (TPSA) is 56.8 Å². The maximum Gasteiger partial charge on any atom is 0.541 e. The van der Waals surface area contributed by atoms with E-state index in [2.05, 4.69) is 5.09 Å². The van der Waals surface area contributed by atoms with E-state index in [0.29, 0.717) is 28.0 Å². The second kappa shape index (κ2) is 8.17. The van der Waals surface area contributed by atoms with Crippen LogP contribution in [-0.4, -0.2) is 7.11 Å². The van der Waals surface area contributed by atoms with Crippen LogP contribution in [0.25, 0.3) is 0 Å². The zero-order valence-corrected chi connectivity index (χ0v) is 15.6. The van der Waals surface area contributed by atoms with Gasteiger partial charge in [-0.2, -0.15) is 0 Å². The van der Waals surface area contributed by atoms with E-state index in [4.69, 9.17) is 25.4 Å². The second-order valence-corrected chi connectivity index (χ2v) is 7.26. The van der Waals surface area contributed by atoms with E-state index in [0.717, 1.165) is 0 Å². The molecule has 134 valence electrons. The third-order valence-electron chi connectivity index (χ3n) is 3.36. The fourth-order valence-corrected chi connectivity index (χ4v) is 3.84. The molecule has 0 aliphatic heterocycles. The van der Waals surface area contributed by atoms with Crippen molar-refractivity contribution < 1.29 is 18.3 Å². The fraction of sp³-hybridized carbons (Fsp3) is 0.0526. The van der Waals surface area contributed by atoms with Crippen LogP contribution in [0.3, 0.4) is 0 Å². The van der Waals surface area contributed by atoms with Gasteiger partial charge in [0, 0.05) is 5.69 Å². The number of nitrogens with one attached hydrogen (secondary N) is 1. The summed E-state index contributed by atoms with van der Waals surface area (Å²) in [7, 11) is -2.25. The smallest absolute Gasteiger partial charge is 0.495 e. The lowest BCUT2D eigenvalue weighted by Gasteiger charge is -2.21. The highest BCUT2D eigenvalue weighted by Crippen LogP contribution is 2.48. The van der Waals surface area contributed by atoms with Crippen LogP contribution in [0.5, 0.6) is 17.2 Å². The maximum absolute atomic E-state index is 13.4. The summed E-state index contributed by atoms with van der Waals surface area (Å²) in [5.74, 6) is 1.35. The Bertz CT molecular complexity index is 860. The number of hydrogen-bond donors (Lipinski definition) is 1. The molecule has 0 spiro atoms. The van der Waals surface area contributed by atoms with Gasteiger partial charge in [0.25, 0.3) is 0 Å². The lowest BCUT2D eigenvalue weighted by Crippen LogP contribution is -2.10. The Morgan fingerprint density at radius 1 is 0.846 bits per heavy atom. The number of para-hydroxylation sites is 2. The summed E-state index contributed by atoms with van der Waals surface area (Å²) in [6.45, 7) is 0. The van der Waals surface area contributed by atoms with Gasteiger partial charge in [-0.3, -0.25) is 5.09 Å². The van der Waals surface area contributed by atoms with E-state index >= 15 is 0 Å². The minimum atomic E-state index is -3.78. The summed E-state index contributed by atoms with van der Waals surface area (Å²) in [5, 5.41) is 3.19. The monoisotopic (exact) mass is 389 g/mol. The van der Waals surface area contributed by atoms with Gasteiger partial charge in [-0.15, -0.1) is 0 Å². The summed E-state index contributed by atoms with van der Waals surface area (Å²) in [6.07, 6.45) is 0. The number of hydrogen-bond acceptors (Lipinski definition) is 4. The summed E-state index contributed by atoms with van der Waals surface area (Å²) in [5.41, 5.74) is 0.478. The molecule has 1 N–H and O–H groups in total. The zero-order chi connectivity index (χ0) is 18.4. The molecule has 0 heterocycles. The van der Waals surface area contributed by atoms with Gasteiger partial charge in [0.15, 0.2) is 0 Å². The molecule has 0 radical (unpaired) electrons. The van der Waals surface area contributed by atoms with Crippen molar-refractivity contribution in [3.8, 4) is 17.2 Å². The maximum atomic E-state index is 13.4. The van der Waals surface area contributed by atoms with Crippen LogP contribution in [0.2, 0.25) is 5.02 Å². The average molecular weight is 390 g/mol. The highest BCUT2D eigenvalue weighted by Gasteiger charge is 2.29. The molecule has 0 atom stereocenters. The number of anilines is 1. The Kier molecular flexibility index (Phi) is 5.71. The lowest BCUT2D eigenvalue weighted by molar-refractivity contribution is 0.392. The number of halogens is 1. The normalized spacial score (nSPS) is 10.8. The standard InChI is InChI=1S/C19H17ClNO4P/c1-23-19-13-12-15(14-18(19)20)21-26(22,24-16-8-4-2-5-9-16)25-17-10-6-3-7-11-17/h2-14H,1H3,(H,21,22). The van der Waals surface area contributed by atoms with Crippen LogP contribution in [0.15, 0.2) is 78.9 Å². The molecular weight excluding hydrogens is 373 g/mol. The van der Waals surface area contributed by atoms with Crippen LogP contribution >= 0.6 is 19.3 Å². The Morgan fingerprint density at radius 3 is 1.85 bits per heavy atom. The quantitative estimate of drug-likeness (QED) is 0.500. The first-order valence-electron chi connectivity index (χ1n) is 7.79. The molecule has 3 rings (SSSR count). The molecule has 0 amide bonds. The predicted octanol–water partition coefficient (Wildman–Crippen LogP) is 6.03. The van der Waals surface area contributed by atoms with Gasteiger partial charge >= 0.3 is 7.75 Å². The third-order valence-corrected chi connectivity index (χ3v) is 5.09. The molecule has 0 aliphatic rings. The van der Waals surface area contributed by atoms with Gasteiger partial charge in [0.1, 0.15) is 17.2 Å². The molecule has 3 aromatic carbocycles. The largest absolute Gasteiger partial charge is 0.541 e. The first kappa shape index (κ1) is 18.2. The Hall–Kier alpha value is -2.62. The first-order valence-corrected chi connectivity index (χ1v) is 9.71. The van der Waals surface area contributed by atoms with E-state index in [1.165, 1.54) is 7.11 Å². The number of benzene rings is 3. The first-order chi connectivity index (χ1) is 12.6. The number of ether oxygens (including phenoxy) is 1. The molecule has 3 aromatic rings. The minimum Gasteiger partial charge on any atom is -0.495 e. The molecule has 7 heteroatoms. The average Bonchev–Trinajstić information content (AvgIpc) is 2.63. The molecule has 0 aromatic heterocycles. The Morgan fingerprint density at radius 2 is 1.38 bits per heavy atom. The summed E-state index contributed by atoms with van der Waals surface area (Å²) in [4.78, 5) is 0. The van der Waals surface area contributed by atoms with Gasteiger partial charge in [-0.05, 0) is 42.5 Å². The van der Waals surface area contributed by atoms with Crippen molar-refractivity contribution in [3.05, 3.63) is 83.9 Å². The highest BCUT2D eigenvalue weighted by molar-refractivity contribution is 7.56. The van der Waals surface area contributed by atoms with Crippen LogP contribution in [-0.2, 0) is 4.57 Å². The van der Waals surface area contributed by atoms with Gasteiger partial charge in [-0.25, -0.2) is 4.57 Å². The molecule has 0 aliphatic carbocycles. The van der Waals surface area contributed by atoms with Crippen LogP contribution in [0, 0.1) is 0 Å². The molecular formula is C19H17ClNO4P. The summed E-state index contributed by atoms with van der Waals surface area (Å²) in [6, 6.07) is 22.5. The molecule has 5 nitrogen and oxygen atoms in total. The van der Waals surface area contributed by atoms with Gasteiger partial charge < -0.3 is 13.8 Å².